The lowest BCUT2D eigenvalue weighted by Gasteiger charge is -2.05. The molecule has 0 unspecified atom stereocenters. The summed E-state index contributed by atoms with van der Waals surface area (Å²) in [5, 5.41) is 0. The van der Waals surface area contributed by atoms with Crippen molar-refractivity contribution in [2.45, 2.75) is 13.2 Å². The predicted octanol–water partition coefficient (Wildman–Crippen LogP) is 0.280. The molecule has 98 valence electrons. The number of hydrogen-bond donors (Lipinski definition) is 1. The summed E-state index contributed by atoms with van der Waals surface area (Å²) < 4.78 is 5.78. The first-order chi connectivity index (χ1) is 9.16. The van der Waals surface area contributed by atoms with Gasteiger partial charge in [-0.25, -0.2) is 9.36 Å². The molecular formula is C13H12N2O4. The fraction of sp³-hybridized carbons (Fsp3) is 0.154. The van der Waals surface area contributed by atoms with Crippen molar-refractivity contribution in [1.29, 1.82) is 0 Å². The molecule has 6 nitrogen and oxygen atoms in total. The Bertz CT molecular complexity index is 645. The Morgan fingerprint density at radius 3 is 2.58 bits per heavy atom. The van der Waals surface area contributed by atoms with E-state index in [0.29, 0.717) is 0 Å². The Morgan fingerprint density at radius 2 is 1.89 bits per heavy atom. The van der Waals surface area contributed by atoms with Crippen molar-refractivity contribution < 1.29 is 9.53 Å². The Morgan fingerprint density at radius 1 is 1.16 bits per heavy atom. The number of aromatic nitrogens is 2. The van der Waals surface area contributed by atoms with Gasteiger partial charge in [-0.1, -0.05) is 30.3 Å². The number of ether oxygens (including phenoxy) is 1. The van der Waals surface area contributed by atoms with E-state index in [-0.39, 0.29) is 6.61 Å². The SMILES string of the molecule is O=C(Cn1c(=O)cc[nH]c1=O)OCc1ccccc1. The highest BCUT2D eigenvalue weighted by Gasteiger charge is 2.08. The molecule has 0 aliphatic carbocycles. The molecule has 1 aromatic carbocycles. The molecule has 0 spiro atoms. The monoisotopic (exact) mass is 260 g/mol. The van der Waals surface area contributed by atoms with Gasteiger partial charge in [-0.15, -0.1) is 0 Å². The van der Waals surface area contributed by atoms with Crippen LogP contribution in [0.2, 0.25) is 0 Å². The molecule has 0 amide bonds. The van der Waals surface area contributed by atoms with E-state index in [1.54, 1.807) is 0 Å². The molecule has 1 N–H and O–H groups in total. The maximum absolute atomic E-state index is 11.6. The smallest absolute Gasteiger partial charge is 0.328 e. The number of nitrogens with one attached hydrogen (secondary N) is 1. The summed E-state index contributed by atoms with van der Waals surface area (Å²) in [6.45, 7) is -0.291. The van der Waals surface area contributed by atoms with E-state index in [1.807, 2.05) is 30.3 Å². The fourth-order valence-electron chi connectivity index (χ4n) is 1.51. The summed E-state index contributed by atoms with van der Waals surface area (Å²) in [5.74, 6) is -0.636. The summed E-state index contributed by atoms with van der Waals surface area (Å²) >= 11 is 0. The van der Waals surface area contributed by atoms with Gasteiger partial charge in [-0.05, 0) is 5.56 Å². The van der Waals surface area contributed by atoms with Gasteiger partial charge in [0, 0.05) is 12.3 Å². The number of rotatable bonds is 4. The number of nitrogens with zero attached hydrogens (tertiary/aromatic N) is 1. The molecule has 0 fully saturated rings. The van der Waals surface area contributed by atoms with Crippen LogP contribution in [0.25, 0.3) is 0 Å². The van der Waals surface area contributed by atoms with E-state index >= 15 is 0 Å². The minimum Gasteiger partial charge on any atom is -0.459 e. The lowest BCUT2D eigenvalue weighted by molar-refractivity contribution is -0.145. The van der Waals surface area contributed by atoms with Crippen LogP contribution in [0.5, 0.6) is 0 Å². The van der Waals surface area contributed by atoms with Gasteiger partial charge in [0.15, 0.2) is 0 Å². The van der Waals surface area contributed by atoms with E-state index in [9.17, 15) is 14.4 Å². The van der Waals surface area contributed by atoms with Crippen molar-refractivity contribution in [3.63, 3.8) is 0 Å². The van der Waals surface area contributed by atoms with Crippen molar-refractivity contribution in [1.82, 2.24) is 9.55 Å². The summed E-state index contributed by atoms with van der Waals surface area (Å²) in [6.07, 6.45) is 1.23. The van der Waals surface area contributed by atoms with Gasteiger partial charge in [0.05, 0.1) is 0 Å². The van der Waals surface area contributed by atoms with Gasteiger partial charge in [0.1, 0.15) is 13.2 Å². The van der Waals surface area contributed by atoms with Crippen molar-refractivity contribution >= 4 is 5.97 Å². The highest BCUT2D eigenvalue weighted by molar-refractivity contribution is 5.69. The van der Waals surface area contributed by atoms with Crippen molar-refractivity contribution in [3.05, 3.63) is 69.0 Å². The molecule has 2 rings (SSSR count). The van der Waals surface area contributed by atoms with Crippen LogP contribution in [0.1, 0.15) is 5.56 Å². The first-order valence-corrected chi connectivity index (χ1v) is 5.65. The first kappa shape index (κ1) is 12.8. The second-order valence-electron chi connectivity index (χ2n) is 3.85. The molecule has 2 aromatic rings. The van der Waals surface area contributed by atoms with E-state index in [0.717, 1.165) is 10.1 Å². The zero-order valence-electron chi connectivity index (χ0n) is 10.0. The molecule has 1 heterocycles. The third-order valence-electron chi connectivity index (χ3n) is 2.47. The minimum atomic E-state index is -0.636. The molecule has 0 saturated carbocycles. The Kier molecular flexibility index (Phi) is 3.92. The molecule has 19 heavy (non-hydrogen) atoms. The van der Waals surface area contributed by atoms with Crippen LogP contribution in [0, 0.1) is 0 Å². The van der Waals surface area contributed by atoms with E-state index in [2.05, 4.69) is 4.98 Å². The Labute approximate surface area is 108 Å². The summed E-state index contributed by atoms with van der Waals surface area (Å²) in [6, 6.07) is 10.3. The van der Waals surface area contributed by atoms with Crippen LogP contribution >= 0.6 is 0 Å². The fourth-order valence-corrected chi connectivity index (χ4v) is 1.51. The van der Waals surface area contributed by atoms with Crippen LogP contribution in [-0.2, 0) is 22.7 Å². The minimum absolute atomic E-state index is 0.110. The molecule has 0 aliphatic rings. The highest BCUT2D eigenvalue weighted by atomic mass is 16.5. The van der Waals surface area contributed by atoms with Gasteiger partial charge < -0.3 is 9.72 Å². The predicted molar refractivity (Wildman–Crippen MR) is 67.6 cm³/mol. The molecule has 1 aromatic heterocycles. The van der Waals surface area contributed by atoms with Crippen LogP contribution in [-0.4, -0.2) is 15.5 Å². The van der Waals surface area contributed by atoms with Crippen molar-refractivity contribution in [3.8, 4) is 0 Å². The topological polar surface area (TPSA) is 81.2 Å². The maximum atomic E-state index is 11.6. The standard InChI is InChI=1S/C13H12N2O4/c16-11-6-7-14-13(18)15(11)8-12(17)19-9-10-4-2-1-3-5-10/h1-7H,8-9H2,(H,14,18). The lowest BCUT2D eigenvalue weighted by atomic mass is 10.2. The number of H-pyrrole nitrogens is 1. The number of carbonyl (C=O) groups is 1. The molecule has 0 radical (unpaired) electrons. The van der Waals surface area contributed by atoms with Crippen molar-refractivity contribution in [2.24, 2.45) is 0 Å². The van der Waals surface area contributed by atoms with Crippen LogP contribution in [0.3, 0.4) is 0 Å². The second kappa shape index (κ2) is 5.81. The quantitative estimate of drug-likeness (QED) is 0.801. The van der Waals surface area contributed by atoms with Crippen molar-refractivity contribution in [2.75, 3.05) is 0 Å². The molecular weight excluding hydrogens is 248 g/mol. The zero-order chi connectivity index (χ0) is 13.7. The third kappa shape index (κ3) is 3.41. The number of aromatic amines is 1. The molecule has 0 saturated heterocycles. The Balaban J connectivity index is 1.99. The zero-order valence-corrected chi connectivity index (χ0v) is 10.0. The number of esters is 1. The first-order valence-electron chi connectivity index (χ1n) is 5.65. The molecule has 0 bridgehead atoms. The normalized spacial score (nSPS) is 10.1. The second-order valence-corrected chi connectivity index (χ2v) is 3.85. The summed E-state index contributed by atoms with van der Waals surface area (Å²) in [5.41, 5.74) is -0.338. The highest BCUT2D eigenvalue weighted by Crippen LogP contribution is 2.00. The summed E-state index contributed by atoms with van der Waals surface area (Å²) in [4.78, 5) is 36.6. The average molecular weight is 260 g/mol. The average Bonchev–Trinajstić information content (AvgIpc) is 2.42. The molecule has 0 atom stereocenters. The van der Waals surface area contributed by atoms with Gasteiger partial charge in [-0.3, -0.25) is 9.59 Å². The van der Waals surface area contributed by atoms with Crippen LogP contribution < -0.4 is 11.2 Å². The number of benzene rings is 1. The van der Waals surface area contributed by atoms with E-state index in [4.69, 9.17) is 4.74 Å². The largest absolute Gasteiger partial charge is 0.459 e. The lowest BCUT2D eigenvalue weighted by Crippen LogP contribution is -2.36. The van der Waals surface area contributed by atoms with E-state index in [1.165, 1.54) is 12.3 Å². The number of hydrogen-bond acceptors (Lipinski definition) is 4. The van der Waals surface area contributed by atoms with Crippen LogP contribution in [0.15, 0.2) is 52.2 Å². The van der Waals surface area contributed by atoms with Crippen LogP contribution in [0.4, 0.5) is 0 Å². The third-order valence-corrected chi connectivity index (χ3v) is 2.47. The Hall–Kier alpha value is -2.63. The molecule has 6 heteroatoms. The van der Waals surface area contributed by atoms with Gasteiger partial charge >= 0.3 is 11.7 Å². The number of carbonyl (C=O) groups excluding carboxylic acids is 1. The molecule has 0 aliphatic heterocycles. The van der Waals surface area contributed by atoms with Gasteiger partial charge in [0.25, 0.3) is 5.56 Å². The van der Waals surface area contributed by atoms with Gasteiger partial charge in [-0.2, -0.15) is 0 Å². The van der Waals surface area contributed by atoms with E-state index < -0.39 is 23.8 Å². The van der Waals surface area contributed by atoms with Gasteiger partial charge in [0.2, 0.25) is 0 Å². The summed E-state index contributed by atoms with van der Waals surface area (Å²) in [7, 11) is 0. The maximum Gasteiger partial charge on any atom is 0.328 e.